The normalized spacial score (nSPS) is 22.6. The van der Waals surface area contributed by atoms with Gasteiger partial charge in [0.15, 0.2) is 5.79 Å². The fourth-order valence-corrected chi connectivity index (χ4v) is 2.00. The summed E-state index contributed by atoms with van der Waals surface area (Å²) in [5.41, 5.74) is 1.94. The topological polar surface area (TPSA) is 35.5 Å². The van der Waals surface area contributed by atoms with Crippen molar-refractivity contribution >= 4 is 6.29 Å². The molecule has 1 heterocycles. The van der Waals surface area contributed by atoms with E-state index >= 15 is 0 Å². The van der Waals surface area contributed by atoms with E-state index in [1.54, 1.807) is 0 Å². The Bertz CT molecular complexity index is 381. The predicted molar refractivity (Wildman–Crippen MR) is 65.1 cm³/mol. The van der Waals surface area contributed by atoms with Gasteiger partial charge in [-0.05, 0) is 32.3 Å². The number of aryl methyl sites for hydroxylation is 1. The van der Waals surface area contributed by atoms with Crippen LogP contribution in [0.1, 0.15) is 36.2 Å². The van der Waals surface area contributed by atoms with Crippen molar-refractivity contribution in [1.82, 2.24) is 0 Å². The van der Waals surface area contributed by atoms with Crippen LogP contribution in [0.3, 0.4) is 0 Å². The Morgan fingerprint density at radius 1 is 1.35 bits per heavy atom. The zero-order chi connectivity index (χ0) is 12.3. The number of hydrogen-bond acceptors (Lipinski definition) is 3. The summed E-state index contributed by atoms with van der Waals surface area (Å²) >= 11 is 0. The summed E-state index contributed by atoms with van der Waals surface area (Å²) in [6.45, 7) is 4.54. The summed E-state index contributed by atoms with van der Waals surface area (Å²) in [5, 5.41) is 0. The summed E-state index contributed by atoms with van der Waals surface area (Å²) in [6, 6.07) is 7.67. The van der Waals surface area contributed by atoms with Gasteiger partial charge in [-0.25, -0.2) is 0 Å². The maximum atomic E-state index is 10.5. The van der Waals surface area contributed by atoms with E-state index in [9.17, 15) is 4.79 Å². The molecule has 17 heavy (non-hydrogen) atoms. The fraction of sp³-hybridized carbons (Fsp3) is 0.500. The molecule has 1 aliphatic rings. The molecular formula is C14H18O3. The van der Waals surface area contributed by atoms with Crippen LogP contribution < -0.4 is 0 Å². The zero-order valence-corrected chi connectivity index (χ0v) is 10.3. The summed E-state index contributed by atoms with van der Waals surface area (Å²) in [5.74, 6) is -0.438. The second-order valence-electron chi connectivity index (χ2n) is 4.85. The average molecular weight is 234 g/mol. The van der Waals surface area contributed by atoms with Crippen LogP contribution >= 0.6 is 0 Å². The summed E-state index contributed by atoms with van der Waals surface area (Å²) in [7, 11) is 0. The van der Waals surface area contributed by atoms with E-state index < -0.39 is 5.79 Å². The van der Waals surface area contributed by atoms with Crippen LogP contribution in [0.5, 0.6) is 0 Å². The number of carbonyl (C=O) groups excluding carboxylic acids is 1. The highest BCUT2D eigenvalue weighted by atomic mass is 16.7. The van der Waals surface area contributed by atoms with Crippen molar-refractivity contribution in [2.45, 2.75) is 38.6 Å². The van der Waals surface area contributed by atoms with Gasteiger partial charge in [0.1, 0.15) is 6.29 Å². The maximum Gasteiger partial charge on any atom is 0.163 e. The van der Waals surface area contributed by atoms with Crippen molar-refractivity contribution in [2.75, 3.05) is 6.61 Å². The lowest BCUT2D eigenvalue weighted by atomic mass is 10.1. The molecule has 1 aliphatic heterocycles. The molecule has 3 nitrogen and oxygen atoms in total. The second-order valence-corrected chi connectivity index (χ2v) is 4.85. The van der Waals surface area contributed by atoms with Crippen molar-refractivity contribution in [3.05, 3.63) is 35.4 Å². The molecule has 0 bridgehead atoms. The van der Waals surface area contributed by atoms with Gasteiger partial charge in [0.25, 0.3) is 0 Å². The Hall–Kier alpha value is -1.19. The van der Waals surface area contributed by atoms with Crippen molar-refractivity contribution in [1.29, 1.82) is 0 Å². The van der Waals surface area contributed by atoms with Crippen LogP contribution in [-0.2, 0) is 15.9 Å². The molecule has 1 aromatic carbocycles. The van der Waals surface area contributed by atoms with E-state index in [2.05, 4.69) is 0 Å². The van der Waals surface area contributed by atoms with Crippen molar-refractivity contribution < 1.29 is 14.3 Å². The van der Waals surface area contributed by atoms with Gasteiger partial charge >= 0.3 is 0 Å². The van der Waals surface area contributed by atoms with Crippen LogP contribution in [0.15, 0.2) is 24.3 Å². The molecule has 0 spiro atoms. The molecule has 1 fully saturated rings. The van der Waals surface area contributed by atoms with Crippen LogP contribution in [0.25, 0.3) is 0 Å². The number of aldehydes is 1. The number of rotatable bonds is 4. The van der Waals surface area contributed by atoms with Gasteiger partial charge in [0.2, 0.25) is 0 Å². The molecular weight excluding hydrogens is 216 g/mol. The smallest absolute Gasteiger partial charge is 0.163 e. The van der Waals surface area contributed by atoms with Crippen LogP contribution in [0, 0.1) is 0 Å². The number of benzene rings is 1. The maximum absolute atomic E-state index is 10.5. The van der Waals surface area contributed by atoms with E-state index in [4.69, 9.17) is 9.47 Å². The molecule has 0 aromatic heterocycles. The third-order valence-electron chi connectivity index (χ3n) is 2.94. The first-order valence-electron chi connectivity index (χ1n) is 5.95. The quantitative estimate of drug-likeness (QED) is 0.751. The molecule has 0 N–H and O–H groups in total. The Kier molecular flexibility index (Phi) is 3.60. The molecule has 1 aromatic rings. The molecule has 92 valence electrons. The minimum atomic E-state index is -0.438. The first-order chi connectivity index (χ1) is 8.09. The van der Waals surface area contributed by atoms with Gasteiger partial charge in [-0.1, -0.05) is 24.3 Å². The van der Waals surface area contributed by atoms with E-state index in [1.165, 1.54) is 5.56 Å². The standard InChI is InChI=1S/C14H18O3/c1-14(2)16-10-13(17-14)8-7-11-3-5-12(9-15)6-4-11/h3-6,9,13H,7-8,10H2,1-2H3. The van der Waals surface area contributed by atoms with Gasteiger partial charge in [-0.3, -0.25) is 4.79 Å². The van der Waals surface area contributed by atoms with Crippen LogP contribution in [0.2, 0.25) is 0 Å². The fourth-order valence-electron chi connectivity index (χ4n) is 2.00. The molecule has 0 saturated carbocycles. The molecule has 1 unspecified atom stereocenters. The molecule has 2 rings (SSSR count). The number of ether oxygens (including phenoxy) is 2. The Labute approximate surface area is 102 Å². The van der Waals surface area contributed by atoms with Crippen molar-refractivity contribution in [2.24, 2.45) is 0 Å². The summed E-state index contributed by atoms with van der Waals surface area (Å²) in [6.07, 6.45) is 2.93. The van der Waals surface area contributed by atoms with Gasteiger partial charge in [0.05, 0.1) is 12.7 Å². The minimum absolute atomic E-state index is 0.177. The molecule has 0 radical (unpaired) electrons. The first-order valence-corrected chi connectivity index (χ1v) is 5.95. The van der Waals surface area contributed by atoms with Gasteiger partial charge in [-0.15, -0.1) is 0 Å². The summed E-state index contributed by atoms with van der Waals surface area (Å²) < 4.78 is 11.2. The lowest BCUT2D eigenvalue weighted by Gasteiger charge is -2.17. The number of hydrogen-bond donors (Lipinski definition) is 0. The molecule has 0 aliphatic carbocycles. The van der Waals surface area contributed by atoms with Crippen molar-refractivity contribution in [3.8, 4) is 0 Å². The largest absolute Gasteiger partial charge is 0.348 e. The van der Waals surface area contributed by atoms with E-state index in [0.717, 1.165) is 24.7 Å². The first kappa shape index (κ1) is 12.3. The van der Waals surface area contributed by atoms with Crippen LogP contribution in [-0.4, -0.2) is 24.8 Å². The average Bonchev–Trinajstić information content (AvgIpc) is 2.67. The Morgan fingerprint density at radius 2 is 2.06 bits per heavy atom. The Morgan fingerprint density at radius 3 is 2.59 bits per heavy atom. The molecule has 1 saturated heterocycles. The predicted octanol–water partition coefficient (Wildman–Crippen LogP) is 2.58. The van der Waals surface area contributed by atoms with Crippen LogP contribution in [0.4, 0.5) is 0 Å². The van der Waals surface area contributed by atoms with Gasteiger partial charge < -0.3 is 9.47 Å². The Balaban J connectivity index is 1.84. The SMILES string of the molecule is CC1(C)OCC(CCc2ccc(C=O)cc2)O1. The van der Waals surface area contributed by atoms with Gasteiger partial charge in [0, 0.05) is 5.56 Å². The van der Waals surface area contributed by atoms with Gasteiger partial charge in [-0.2, -0.15) is 0 Å². The van der Waals surface area contributed by atoms with Crippen molar-refractivity contribution in [3.63, 3.8) is 0 Å². The van der Waals surface area contributed by atoms with E-state index in [0.29, 0.717) is 6.61 Å². The lowest BCUT2D eigenvalue weighted by molar-refractivity contribution is -0.138. The highest BCUT2D eigenvalue weighted by Crippen LogP contribution is 2.24. The highest BCUT2D eigenvalue weighted by Gasteiger charge is 2.32. The second kappa shape index (κ2) is 4.98. The third kappa shape index (κ3) is 3.38. The van der Waals surface area contributed by atoms with E-state index in [-0.39, 0.29) is 6.10 Å². The van der Waals surface area contributed by atoms with E-state index in [1.807, 2.05) is 38.1 Å². The minimum Gasteiger partial charge on any atom is -0.348 e. The zero-order valence-electron chi connectivity index (χ0n) is 10.3. The lowest BCUT2D eigenvalue weighted by Crippen LogP contribution is -2.21. The molecule has 3 heteroatoms. The third-order valence-corrected chi connectivity index (χ3v) is 2.94. The summed E-state index contributed by atoms with van der Waals surface area (Å²) in [4.78, 5) is 10.5. The number of carbonyl (C=O) groups is 1. The molecule has 1 atom stereocenters. The molecule has 0 amide bonds. The monoisotopic (exact) mass is 234 g/mol. The highest BCUT2D eigenvalue weighted by molar-refractivity contribution is 5.74.